The lowest BCUT2D eigenvalue weighted by Gasteiger charge is -2.45. The van der Waals surface area contributed by atoms with Gasteiger partial charge in [0.15, 0.2) is 5.82 Å². The summed E-state index contributed by atoms with van der Waals surface area (Å²) in [6.45, 7) is 1.37. The standard InChI is InChI=1S/C30H43N5O3/c1-32(20-28(36)37)24-15-16-33(19-24)29-30(38)35(27-12-8-7-11-26(27)31-29)25-17-22-13-14-23(18-25)34(22)21-9-5-3-2-4-6-10-21/h7-8,11-12,21-25H,2-6,9-10,13-20H2,1H3,(H,36,37)/t22-,23+,24-,25+/m0/s1. The number of likely N-dealkylation sites (N-methyl/N-ethyl adjacent to an activating group) is 1. The first-order valence-electron chi connectivity index (χ1n) is 15.0. The first-order chi connectivity index (χ1) is 18.5. The molecule has 38 heavy (non-hydrogen) atoms. The Morgan fingerprint density at radius 2 is 1.63 bits per heavy atom. The molecule has 1 saturated carbocycles. The van der Waals surface area contributed by atoms with Gasteiger partial charge in [0, 0.05) is 43.3 Å². The molecule has 1 aromatic heterocycles. The molecule has 8 heteroatoms. The fraction of sp³-hybridized carbons (Fsp3) is 0.700. The molecule has 4 aliphatic rings. The number of carbonyl (C=O) groups is 1. The van der Waals surface area contributed by atoms with Crippen LogP contribution in [-0.2, 0) is 4.79 Å². The van der Waals surface area contributed by atoms with Gasteiger partial charge in [0.2, 0.25) is 0 Å². The van der Waals surface area contributed by atoms with Crippen LogP contribution < -0.4 is 10.5 Å². The van der Waals surface area contributed by atoms with Crippen LogP contribution in [0.4, 0.5) is 5.82 Å². The molecule has 2 aromatic rings. The van der Waals surface area contributed by atoms with E-state index in [2.05, 4.69) is 20.4 Å². The summed E-state index contributed by atoms with van der Waals surface area (Å²) in [5.41, 5.74) is 1.84. The van der Waals surface area contributed by atoms with E-state index < -0.39 is 5.97 Å². The maximum absolute atomic E-state index is 14.2. The average Bonchev–Trinajstić information content (AvgIpc) is 3.46. The molecule has 206 valence electrons. The first kappa shape index (κ1) is 25.8. The molecule has 8 nitrogen and oxygen atoms in total. The van der Waals surface area contributed by atoms with Crippen molar-refractivity contribution in [3.63, 3.8) is 0 Å². The molecule has 4 fully saturated rings. The summed E-state index contributed by atoms with van der Waals surface area (Å²) in [5.74, 6) is -0.290. The topological polar surface area (TPSA) is 81.9 Å². The molecule has 1 N–H and O–H groups in total. The highest BCUT2D eigenvalue weighted by atomic mass is 16.4. The summed E-state index contributed by atoms with van der Waals surface area (Å²) in [7, 11) is 1.86. The Balaban J connectivity index is 1.28. The lowest BCUT2D eigenvalue weighted by molar-refractivity contribution is -0.138. The largest absolute Gasteiger partial charge is 0.480 e. The van der Waals surface area contributed by atoms with Crippen molar-refractivity contribution in [3.05, 3.63) is 34.6 Å². The van der Waals surface area contributed by atoms with Crippen LogP contribution in [0.3, 0.4) is 0 Å². The third kappa shape index (κ3) is 4.97. The van der Waals surface area contributed by atoms with Gasteiger partial charge in [0.05, 0.1) is 17.6 Å². The van der Waals surface area contributed by atoms with Crippen molar-refractivity contribution < 1.29 is 9.90 Å². The molecule has 0 unspecified atom stereocenters. The second-order valence-electron chi connectivity index (χ2n) is 12.3. The van der Waals surface area contributed by atoms with Crippen molar-refractivity contribution in [2.24, 2.45) is 0 Å². The summed E-state index contributed by atoms with van der Waals surface area (Å²) >= 11 is 0. The van der Waals surface area contributed by atoms with E-state index in [0.717, 1.165) is 42.9 Å². The number of carboxylic acid groups (broad SMARTS) is 1. The number of hydrogen-bond donors (Lipinski definition) is 1. The van der Waals surface area contributed by atoms with Gasteiger partial charge in [-0.15, -0.1) is 0 Å². The van der Waals surface area contributed by atoms with Gasteiger partial charge in [0.25, 0.3) is 5.56 Å². The number of aliphatic carboxylic acids is 1. The Morgan fingerprint density at radius 1 is 0.947 bits per heavy atom. The number of benzene rings is 1. The molecule has 1 aromatic carbocycles. The second-order valence-corrected chi connectivity index (χ2v) is 12.3. The van der Waals surface area contributed by atoms with Crippen LogP contribution in [0.1, 0.15) is 83.1 Å². The van der Waals surface area contributed by atoms with Gasteiger partial charge in [-0.05, 0) is 64.1 Å². The van der Waals surface area contributed by atoms with Crippen molar-refractivity contribution in [2.45, 2.75) is 107 Å². The molecule has 0 spiro atoms. The molecule has 0 amide bonds. The molecule has 6 rings (SSSR count). The van der Waals surface area contributed by atoms with Crippen molar-refractivity contribution in [3.8, 4) is 0 Å². The highest BCUT2D eigenvalue weighted by Crippen LogP contribution is 2.44. The number of carboxylic acids is 1. The quantitative estimate of drug-likeness (QED) is 0.608. The van der Waals surface area contributed by atoms with Crippen molar-refractivity contribution in [1.82, 2.24) is 19.4 Å². The SMILES string of the molecule is CN(CC(=O)O)[C@H]1CCN(c2nc3ccccc3n([C@H]3C[C@H]4CC[C@@H](C3)N4C3CCCCCCC3)c2=O)C1. The van der Waals surface area contributed by atoms with Crippen molar-refractivity contribution in [1.29, 1.82) is 0 Å². The zero-order chi connectivity index (χ0) is 26.2. The van der Waals surface area contributed by atoms with Crippen LogP contribution in [0.25, 0.3) is 11.0 Å². The Morgan fingerprint density at radius 3 is 2.34 bits per heavy atom. The van der Waals surface area contributed by atoms with Crippen LogP contribution in [-0.4, -0.2) is 81.3 Å². The number of hydrogen-bond acceptors (Lipinski definition) is 6. The van der Waals surface area contributed by atoms with E-state index in [4.69, 9.17) is 4.98 Å². The lowest BCUT2D eigenvalue weighted by Crippen LogP contribution is -2.50. The molecule has 0 radical (unpaired) electrons. The Bertz CT molecular complexity index is 1190. The Kier molecular flexibility index (Phi) is 7.45. The van der Waals surface area contributed by atoms with E-state index >= 15 is 0 Å². The number of fused-ring (bicyclic) bond motifs is 3. The van der Waals surface area contributed by atoms with Crippen LogP contribution in [0, 0.1) is 0 Å². The van der Waals surface area contributed by atoms with E-state index in [1.54, 1.807) is 0 Å². The number of para-hydroxylation sites is 2. The molecule has 3 saturated heterocycles. The summed E-state index contributed by atoms with van der Waals surface area (Å²) < 4.78 is 2.09. The van der Waals surface area contributed by atoms with Gasteiger partial charge < -0.3 is 14.6 Å². The fourth-order valence-electron chi connectivity index (χ4n) is 8.07. The minimum absolute atomic E-state index is 0.0102. The van der Waals surface area contributed by atoms with Gasteiger partial charge in [-0.1, -0.05) is 44.2 Å². The number of anilines is 1. The number of piperidine rings is 1. The predicted octanol–water partition coefficient (Wildman–Crippen LogP) is 4.27. The molecule has 1 aliphatic carbocycles. The monoisotopic (exact) mass is 521 g/mol. The van der Waals surface area contributed by atoms with E-state index in [1.165, 1.54) is 57.8 Å². The zero-order valence-electron chi connectivity index (χ0n) is 22.8. The van der Waals surface area contributed by atoms with Gasteiger partial charge in [0.1, 0.15) is 0 Å². The number of aromatic nitrogens is 2. The summed E-state index contributed by atoms with van der Waals surface area (Å²) in [5, 5.41) is 9.22. The number of rotatable bonds is 6. The maximum Gasteiger partial charge on any atom is 0.317 e. The van der Waals surface area contributed by atoms with E-state index in [1.807, 2.05) is 30.1 Å². The molecule has 3 aliphatic heterocycles. The average molecular weight is 522 g/mol. The van der Waals surface area contributed by atoms with Gasteiger partial charge >= 0.3 is 5.97 Å². The molecule has 4 heterocycles. The van der Waals surface area contributed by atoms with E-state index in [9.17, 15) is 14.7 Å². The highest BCUT2D eigenvalue weighted by molar-refractivity contribution is 5.76. The molecular weight excluding hydrogens is 478 g/mol. The smallest absolute Gasteiger partial charge is 0.317 e. The summed E-state index contributed by atoms with van der Waals surface area (Å²) in [6, 6.07) is 10.3. The Hall–Kier alpha value is -2.45. The molecule has 2 bridgehead atoms. The minimum atomic E-state index is -0.822. The van der Waals surface area contributed by atoms with E-state index in [0.29, 0.717) is 24.4 Å². The van der Waals surface area contributed by atoms with Crippen molar-refractivity contribution >= 4 is 22.8 Å². The van der Waals surface area contributed by atoms with E-state index in [-0.39, 0.29) is 24.2 Å². The third-order valence-electron chi connectivity index (χ3n) is 9.87. The summed E-state index contributed by atoms with van der Waals surface area (Å²) in [6.07, 6.45) is 15.0. The molecular formula is C30H43N5O3. The van der Waals surface area contributed by atoms with Gasteiger partial charge in [-0.2, -0.15) is 0 Å². The Labute approximate surface area is 225 Å². The fourth-order valence-corrected chi connectivity index (χ4v) is 8.07. The zero-order valence-corrected chi connectivity index (χ0v) is 22.8. The van der Waals surface area contributed by atoms with Gasteiger partial charge in [-0.3, -0.25) is 19.4 Å². The molecule has 4 atom stereocenters. The predicted molar refractivity (Wildman–Crippen MR) is 150 cm³/mol. The number of nitrogens with zero attached hydrogens (tertiary/aromatic N) is 5. The minimum Gasteiger partial charge on any atom is -0.480 e. The second kappa shape index (κ2) is 11.0. The maximum atomic E-state index is 14.2. The van der Waals surface area contributed by atoms with Gasteiger partial charge in [-0.25, -0.2) is 4.98 Å². The van der Waals surface area contributed by atoms with Crippen LogP contribution in [0.5, 0.6) is 0 Å². The lowest BCUT2D eigenvalue weighted by atomic mass is 9.89. The van der Waals surface area contributed by atoms with Crippen LogP contribution >= 0.6 is 0 Å². The highest BCUT2D eigenvalue weighted by Gasteiger charge is 2.45. The summed E-state index contributed by atoms with van der Waals surface area (Å²) in [4.78, 5) is 37.1. The van der Waals surface area contributed by atoms with Crippen LogP contribution in [0.15, 0.2) is 29.1 Å². The third-order valence-corrected chi connectivity index (χ3v) is 9.87. The first-order valence-corrected chi connectivity index (χ1v) is 15.0. The van der Waals surface area contributed by atoms with Crippen molar-refractivity contribution in [2.75, 3.05) is 31.6 Å². The normalized spacial score (nSPS) is 29.2. The van der Waals surface area contributed by atoms with Crippen LogP contribution in [0.2, 0.25) is 0 Å².